The van der Waals surface area contributed by atoms with E-state index in [4.69, 9.17) is 32.7 Å². The van der Waals surface area contributed by atoms with Crippen LogP contribution in [0.3, 0.4) is 0 Å². The second-order valence-corrected chi connectivity index (χ2v) is 4.11. The zero-order valence-corrected chi connectivity index (χ0v) is 11.7. The lowest BCUT2D eigenvalue weighted by Gasteiger charge is -2.11. The smallest absolute Gasteiger partial charge is 0.245 e. The average molecular weight is 301 g/mol. The molecule has 8 heteroatoms. The van der Waals surface area contributed by atoms with Crippen LogP contribution in [0, 0.1) is 0 Å². The highest BCUT2D eigenvalue weighted by molar-refractivity contribution is 6.32. The van der Waals surface area contributed by atoms with E-state index in [2.05, 4.69) is 20.5 Å². The number of nitrogens with one attached hydrogen (secondary N) is 1. The third-order valence-electron chi connectivity index (χ3n) is 2.27. The fraction of sp³-hybridized carbons (Fsp3) is 0.182. The highest BCUT2D eigenvalue weighted by atomic mass is 35.5. The Labute approximate surface area is 119 Å². The first-order valence-corrected chi connectivity index (χ1v) is 5.94. The standard InChI is InChI=1S/C11H10Cl2N4O2/c1-18-7-4-3-6(5-8(7)19-2)14-10-9(12)16-17-11(13)15-10/h3-5H,1-2H3,(H,14,15,17). The average Bonchev–Trinajstić information content (AvgIpc) is 2.42. The molecule has 1 aromatic heterocycles. The van der Waals surface area contributed by atoms with Gasteiger partial charge in [-0.1, -0.05) is 11.6 Å². The Morgan fingerprint density at radius 1 is 1.05 bits per heavy atom. The van der Waals surface area contributed by atoms with Gasteiger partial charge >= 0.3 is 0 Å². The van der Waals surface area contributed by atoms with E-state index >= 15 is 0 Å². The van der Waals surface area contributed by atoms with Gasteiger partial charge in [0.25, 0.3) is 0 Å². The molecule has 0 spiro atoms. The Kier molecular flexibility index (Phi) is 4.24. The fourth-order valence-corrected chi connectivity index (χ4v) is 1.67. The lowest BCUT2D eigenvalue weighted by molar-refractivity contribution is 0.355. The predicted molar refractivity (Wildman–Crippen MR) is 72.7 cm³/mol. The number of aromatic nitrogens is 3. The summed E-state index contributed by atoms with van der Waals surface area (Å²) in [5.41, 5.74) is 0.705. The van der Waals surface area contributed by atoms with Crippen LogP contribution < -0.4 is 14.8 Å². The van der Waals surface area contributed by atoms with Gasteiger partial charge in [0.1, 0.15) is 0 Å². The zero-order chi connectivity index (χ0) is 13.8. The van der Waals surface area contributed by atoms with E-state index in [1.54, 1.807) is 32.4 Å². The molecule has 1 heterocycles. The first kappa shape index (κ1) is 13.6. The highest BCUT2D eigenvalue weighted by Crippen LogP contribution is 2.31. The molecule has 0 radical (unpaired) electrons. The second kappa shape index (κ2) is 5.90. The molecule has 0 atom stereocenters. The van der Waals surface area contributed by atoms with Crippen molar-refractivity contribution in [2.75, 3.05) is 19.5 Å². The number of nitrogens with zero attached hydrogens (tertiary/aromatic N) is 3. The van der Waals surface area contributed by atoms with Crippen molar-refractivity contribution in [1.82, 2.24) is 15.2 Å². The van der Waals surface area contributed by atoms with Crippen molar-refractivity contribution in [3.05, 3.63) is 28.6 Å². The Balaban J connectivity index is 2.30. The summed E-state index contributed by atoms with van der Waals surface area (Å²) in [4.78, 5) is 3.94. The Morgan fingerprint density at radius 3 is 2.47 bits per heavy atom. The minimum Gasteiger partial charge on any atom is -0.493 e. The van der Waals surface area contributed by atoms with E-state index in [0.29, 0.717) is 23.0 Å². The number of ether oxygens (including phenoxy) is 2. The lowest BCUT2D eigenvalue weighted by Crippen LogP contribution is -1.99. The van der Waals surface area contributed by atoms with Gasteiger partial charge in [-0.15, -0.1) is 10.2 Å². The van der Waals surface area contributed by atoms with E-state index < -0.39 is 0 Å². The van der Waals surface area contributed by atoms with E-state index in [9.17, 15) is 0 Å². The van der Waals surface area contributed by atoms with Crippen LogP contribution in [0.1, 0.15) is 0 Å². The molecule has 0 aliphatic rings. The predicted octanol–water partition coefficient (Wildman–Crippen LogP) is 2.94. The summed E-state index contributed by atoms with van der Waals surface area (Å²) in [6, 6.07) is 5.28. The molecule has 1 N–H and O–H groups in total. The Bertz CT molecular complexity index is 595. The molecule has 0 fully saturated rings. The van der Waals surface area contributed by atoms with Gasteiger partial charge in [-0.05, 0) is 23.7 Å². The third kappa shape index (κ3) is 3.15. The molecular weight excluding hydrogens is 291 g/mol. The maximum Gasteiger partial charge on any atom is 0.245 e. The molecule has 0 aliphatic heterocycles. The first-order valence-electron chi connectivity index (χ1n) is 5.19. The molecule has 0 saturated carbocycles. The summed E-state index contributed by atoms with van der Waals surface area (Å²) >= 11 is 11.5. The summed E-state index contributed by atoms with van der Waals surface area (Å²) < 4.78 is 10.3. The van der Waals surface area contributed by atoms with Crippen LogP contribution in [0.4, 0.5) is 11.5 Å². The van der Waals surface area contributed by atoms with Gasteiger partial charge in [-0.25, -0.2) is 0 Å². The molecular formula is C11H10Cl2N4O2. The molecule has 2 rings (SSSR count). The van der Waals surface area contributed by atoms with Gasteiger partial charge in [0.2, 0.25) is 5.28 Å². The molecule has 100 valence electrons. The topological polar surface area (TPSA) is 69.2 Å². The van der Waals surface area contributed by atoms with Gasteiger partial charge in [-0.2, -0.15) is 4.98 Å². The van der Waals surface area contributed by atoms with Crippen LogP contribution in [0.15, 0.2) is 18.2 Å². The molecule has 0 amide bonds. The highest BCUT2D eigenvalue weighted by Gasteiger charge is 2.09. The maximum absolute atomic E-state index is 5.87. The summed E-state index contributed by atoms with van der Waals surface area (Å²) in [6.07, 6.45) is 0. The van der Waals surface area contributed by atoms with Crippen molar-refractivity contribution in [2.24, 2.45) is 0 Å². The molecule has 0 aliphatic carbocycles. The van der Waals surface area contributed by atoms with Crippen LogP contribution >= 0.6 is 23.2 Å². The van der Waals surface area contributed by atoms with Crippen molar-refractivity contribution in [1.29, 1.82) is 0 Å². The quantitative estimate of drug-likeness (QED) is 0.936. The van der Waals surface area contributed by atoms with Gasteiger partial charge in [0, 0.05) is 11.8 Å². The monoisotopic (exact) mass is 300 g/mol. The maximum atomic E-state index is 5.87. The van der Waals surface area contributed by atoms with Gasteiger partial charge in [0.15, 0.2) is 22.5 Å². The molecule has 1 aromatic carbocycles. The fourth-order valence-electron chi connectivity index (χ4n) is 1.42. The first-order chi connectivity index (χ1) is 9.13. The number of anilines is 2. The number of rotatable bonds is 4. The lowest BCUT2D eigenvalue weighted by atomic mass is 10.2. The van der Waals surface area contributed by atoms with Crippen molar-refractivity contribution in [3.8, 4) is 11.5 Å². The van der Waals surface area contributed by atoms with Gasteiger partial charge in [-0.3, -0.25) is 0 Å². The largest absolute Gasteiger partial charge is 0.493 e. The summed E-state index contributed by atoms with van der Waals surface area (Å²) in [7, 11) is 3.12. The van der Waals surface area contributed by atoms with Gasteiger partial charge in [0.05, 0.1) is 14.2 Å². The van der Waals surface area contributed by atoms with E-state index in [1.165, 1.54) is 0 Å². The van der Waals surface area contributed by atoms with Crippen LogP contribution in [-0.2, 0) is 0 Å². The second-order valence-electron chi connectivity index (χ2n) is 3.42. The summed E-state index contributed by atoms with van der Waals surface area (Å²) in [5, 5.41) is 10.3. The number of methoxy groups -OCH3 is 2. The van der Waals surface area contributed by atoms with Crippen LogP contribution in [0.25, 0.3) is 0 Å². The molecule has 0 saturated heterocycles. The molecule has 6 nitrogen and oxygen atoms in total. The number of benzene rings is 1. The Morgan fingerprint density at radius 2 is 1.79 bits per heavy atom. The van der Waals surface area contributed by atoms with E-state index in [0.717, 1.165) is 0 Å². The summed E-state index contributed by atoms with van der Waals surface area (Å²) in [6.45, 7) is 0. The van der Waals surface area contributed by atoms with Crippen molar-refractivity contribution < 1.29 is 9.47 Å². The van der Waals surface area contributed by atoms with Crippen LogP contribution in [0.2, 0.25) is 10.4 Å². The summed E-state index contributed by atoms with van der Waals surface area (Å²) in [5.74, 6) is 1.52. The minimum absolute atomic E-state index is 0.00683. The van der Waals surface area contributed by atoms with Crippen molar-refractivity contribution in [2.45, 2.75) is 0 Å². The number of halogens is 2. The Hall–Kier alpha value is -1.79. The minimum atomic E-state index is 0.00683. The van der Waals surface area contributed by atoms with E-state index in [1.807, 2.05) is 0 Å². The van der Waals surface area contributed by atoms with Gasteiger partial charge < -0.3 is 14.8 Å². The molecule has 0 bridgehead atoms. The SMILES string of the molecule is COc1ccc(Nc2nc(Cl)nnc2Cl)cc1OC. The normalized spacial score (nSPS) is 10.1. The number of hydrogen-bond donors (Lipinski definition) is 1. The third-order valence-corrected chi connectivity index (χ3v) is 2.68. The van der Waals surface area contributed by atoms with E-state index in [-0.39, 0.29) is 10.4 Å². The van der Waals surface area contributed by atoms with Crippen LogP contribution in [-0.4, -0.2) is 29.4 Å². The molecule has 0 unspecified atom stereocenters. The van der Waals surface area contributed by atoms with Crippen molar-refractivity contribution in [3.63, 3.8) is 0 Å². The molecule has 2 aromatic rings. The van der Waals surface area contributed by atoms with Crippen molar-refractivity contribution >= 4 is 34.7 Å². The van der Waals surface area contributed by atoms with Crippen LogP contribution in [0.5, 0.6) is 11.5 Å². The zero-order valence-electron chi connectivity index (χ0n) is 10.1. The molecule has 19 heavy (non-hydrogen) atoms. The number of hydrogen-bond acceptors (Lipinski definition) is 6.